The number of aryl methyl sites for hydroxylation is 1. The monoisotopic (exact) mass is 239 g/mol. The first-order valence-corrected chi connectivity index (χ1v) is 5.96. The Hall–Kier alpha value is -1.36. The molecule has 5 nitrogen and oxygen atoms in total. The van der Waals surface area contributed by atoms with Crippen LogP contribution in [0, 0.1) is 0 Å². The van der Waals surface area contributed by atoms with Crippen molar-refractivity contribution in [2.24, 2.45) is 7.05 Å². The van der Waals surface area contributed by atoms with Crippen LogP contribution in [0.15, 0.2) is 12.4 Å². The molecular formula is C12H21N3O2. The van der Waals surface area contributed by atoms with Crippen molar-refractivity contribution in [1.82, 2.24) is 14.7 Å². The van der Waals surface area contributed by atoms with Crippen molar-refractivity contribution < 1.29 is 9.90 Å². The summed E-state index contributed by atoms with van der Waals surface area (Å²) in [6, 6.07) is 0.0779. The molecule has 1 rings (SSSR count). The molecule has 1 aromatic heterocycles. The summed E-state index contributed by atoms with van der Waals surface area (Å²) in [5.41, 5.74) is 1.19. The predicted molar refractivity (Wildman–Crippen MR) is 65.9 cm³/mol. The second-order valence-corrected chi connectivity index (χ2v) is 4.35. The van der Waals surface area contributed by atoms with Gasteiger partial charge in [0.05, 0.1) is 12.6 Å². The first-order chi connectivity index (χ1) is 8.02. The Balaban J connectivity index is 2.44. The summed E-state index contributed by atoms with van der Waals surface area (Å²) < 4.78 is 1.78. The number of aliphatic carboxylic acids is 1. The van der Waals surface area contributed by atoms with Gasteiger partial charge in [-0.2, -0.15) is 5.10 Å². The lowest BCUT2D eigenvalue weighted by Crippen LogP contribution is -2.36. The average molecular weight is 239 g/mol. The van der Waals surface area contributed by atoms with Gasteiger partial charge in [0, 0.05) is 25.8 Å². The first-order valence-electron chi connectivity index (χ1n) is 5.96. The van der Waals surface area contributed by atoms with Gasteiger partial charge < -0.3 is 10.0 Å². The molecule has 0 radical (unpaired) electrons. The van der Waals surface area contributed by atoms with Crippen LogP contribution in [0.5, 0.6) is 0 Å². The van der Waals surface area contributed by atoms with E-state index in [0.29, 0.717) is 0 Å². The van der Waals surface area contributed by atoms with Gasteiger partial charge in [-0.3, -0.25) is 9.48 Å². The molecule has 1 heterocycles. The smallest absolute Gasteiger partial charge is 0.304 e. The highest BCUT2D eigenvalue weighted by molar-refractivity contribution is 5.67. The molecule has 0 saturated heterocycles. The third kappa shape index (κ3) is 4.56. The minimum absolute atomic E-state index is 0.0779. The summed E-state index contributed by atoms with van der Waals surface area (Å²) in [4.78, 5) is 12.8. The molecule has 0 aromatic carbocycles. The van der Waals surface area contributed by atoms with Gasteiger partial charge in [0.2, 0.25) is 0 Å². The van der Waals surface area contributed by atoms with E-state index in [1.165, 1.54) is 5.56 Å². The molecule has 1 unspecified atom stereocenters. The van der Waals surface area contributed by atoms with Crippen molar-refractivity contribution in [3.8, 4) is 0 Å². The van der Waals surface area contributed by atoms with Crippen LogP contribution >= 0.6 is 0 Å². The van der Waals surface area contributed by atoms with Gasteiger partial charge in [-0.15, -0.1) is 0 Å². The minimum Gasteiger partial charge on any atom is -0.481 e. The minimum atomic E-state index is -0.739. The Morgan fingerprint density at radius 1 is 1.65 bits per heavy atom. The molecule has 0 bridgehead atoms. The molecule has 0 fully saturated rings. The zero-order valence-corrected chi connectivity index (χ0v) is 10.8. The van der Waals surface area contributed by atoms with Crippen molar-refractivity contribution >= 4 is 5.97 Å². The highest BCUT2D eigenvalue weighted by Crippen LogP contribution is 2.06. The Morgan fingerprint density at radius 2 is 2.35 bits per heavy atom. The van der Waals surface area contributed by atoms with Gasteiger partial charge in [0.15, 0.2) is 0 Å². The molecule has 1 aromatic rings. The molecule has 5 heteroatoms. The van der Waals surface area contributed by atoms with Gasteiger partial charge in [-0.25, -0.2) is 0 Å². The van der Waals surface area contributed by atoms with Crippen molar-refractivity contribution in [1.29, 1.82) is 0 Å². The predicted octanol–water partition coefficient (Wildman–Crippen LogP) is 1.15. The van der Waals surface area contributed by atoms with Crippen molar-refractivity contribution in [2.45, 2.75) is 32.7 Å². The van der Waals surface area contributed by atoms with Crippen molar-refractivity contribution in [3.63, 3.8) is 0 Å². The van der Waals surface area contributed by atoms with Gasteiger partial charge in [-0.1, -0.05) is 6.92 Å². The molecule has 1 N–H and O–H groups in total. The number of hydrogen-bond donors (Lipinski definition) is 1. The number of aromatic nitrogens is 2. The molecule has 1 atom stereocenters. The molecule has 0 aliphatic heterocycles. The summed E-state index contributed by atoms with van der Waals surface area (Å²) in [7, 11) is 1.90. The molecule has 0 saturated carbocycles. The third-order valence-corrected chi connectivity index (χ3v) is 2.95. The maximum Gasteiger partial charge on any atom is 0.304 e. The standard InChI is InChI=1S/C12H21N3O2/c1-4-15(10(2)7-12(16)17)6-5-11-8-13-14(3)9-11/h8-10H,4-7H2,1-3H3,(H,16,17). The summed E-state index contributed by atoms with van der Waals surface area (Å²) in [6.45, 7) is 5.76. The number of likely N-dealkylation sites (N-methyl/N-ethyl adjacent to an activating group) is 1. The van der Waals surface area contributed by atoms with Crippen LogP contribution in [0.4, 0.5) is 0 Å². The molecule has 96 valence electrons. The first kappa shape index (κ1) is 13.7. The fourth-order valence-electron chi connectivity index (χ4n) is 1.95. The highest BCUT2D eigenvalue weighted by atomic mass is 16.4. The number of carboxylic acids is 1. The fraction of sp³-hybridized carbons (Fsp3) is 0.667. The van der Waals surface area contributed by atoms with Gasteiger partial charge in [0.1, 0.15) is 0 Å². The zero-order chi connectivity index (χ0) is 12.8. The highest BCUT2D eigenvalue weighted by Gasteiger charge is 2.15. The van der Waals surface area contributed by atoms with E-state index in [4.69, 9.17) is 5.11 Å². The number of hydrogen-bond acceptors (Lipinski definition) is 3. The van der Waals surface area contributed by atoms with E-state index in [1.54, 1.807) is 4.68 Å². The largest absolute Gasteiger partial charge is 0.481 e. The maximum absolute atomic E-state index is 10.7. The van der Waals surface area contributed by atoms with E-state index >= 15 is 0 Å². The molecule has 0 aliphatic rings. The fourth-order valence-corrected chi connectivity index (χ4v) is 1.95. The summed E-state index contributed by atoms with van der Waals surface area (Å²) in [6.07, 6.45) is 4.96. The Morgan fingerprint density at radius 3 is 2.82 bits per heavy atom. The van der Waals surface area contributed by atoms with Crippen LogP contribution in [0.1, 0.15) is 25.8 Å². The number of nitrogens with zero attached hydrogens (tertiary/aromatic N) is 3. The van der Waals surface area contributed by atoms with E-state index < -0.39 is 5.97 Å². The maximum atomic E-state index is 10.7. The number of carboxylic acid groups (broad SMARTS) is 1. The van der Waals surface area contributed by atoms with Gasteiger partial charge >= 0.3 is 5.97 Å². The normalized spacial score (nSPS) is 12.9. The van der Waals surface area contributed by atoms with Crippen molar-refractivity contribution in [3.05, 3.63) is 18.0 Å². The number of rotatable bonds is 7. The average Bonchev–Trinajstić information content (AvgIpc) is 2.64. The van der Waals surface area contributed by atoms with E-state index in [-0.39, 0.29) is 12.5 Å². The summed E-state index contributed by atoms with van der Waals surface area (Å²) in [5, 5.41) is 12.9. The zero-order valence-electron chi connectivity index (χ0n) is 10.8. The second-order valence-electron chi connectivity index (χ2n) is 4.35. The Labute approximate surface area is 102 Å². The van der Waals surface area contributed by atoms with E-state index in [9.17, 15) is 4.79 Å². The van der Waals surface area contributed by atoms with Crippen LogP contribution in [0.2, 0.25) is 0 Å². The van der Waals surface area contributed by atoms with Crippen LogP contribution < -0.4 is 0 Å². The van der Waals surface area contributed by atoms with Crippen LogP contribution in [0.3, 0.4) is 0 Å². The lowest BCUT2D eigenvalue weighted by molar-refractivity contribution is -0.138. The third-order valence-electron chi connectivity index (χ3n) is 2.95. The van der Waals surface area contributed by atoms with Gasteiger partial charge in [-0.05, 0) is 25.5 Å². The number of carbonyl (C=O) groups is 1. The molecular weight excluding hydrogens is 218 g/mol. The Kier molecular flexibility index (Phi) is 5.15. The molecule has 0 aliphatic carbocycles. The topological polar surface area (TPSA) is 58.4 Å². The summed E-state index contributed by atoms with van der Waals surface area (Å²) >= 11 is 0. The van der Waals surface area contributed by atoms with Gasteiger partial charge in [0.25, 0.3) is 0 Å². The quantitative estimate of drug-likeness (QED) is 0.775. The lowest BCUT2D eigenvalue weighted by atomic mass is 10.1. The van der Waals surface area contributed by atoms with Crippen LogP contribution in [-0.4, -0.2) is 44.9 Å². The van der Waals surface area contributed by atoms with Crippen LogP contribution in [0.25, 0.3) is 0 Å². The summed E-state index contributed by atoms with van der Waals surface area (Å²) in [5.74, 6) is -0.739. The van der Waals surface area contributed by atoms with Crippen molar-refractivity contribution in [2.75, 3.05) is 13.1 Å². The van der Waals surface area contributed by atoms with Crippen LogP contribution in [-0.2, 0) is 18.3 Å². The van der Waals surface area contributed by atoms with E-state index in [1.807, 2.05) is 26.4 Å². The van der Waals surface area contributed by atoms with E-state index in [2.05, 4.69) is 16.9 Å². The lowest BCUT2D eigenvalue weighted by Gasteiger charge is -2.26. The molecule has 0 spiro atoms. The molecule has 17 heavy (non-hydrogen) atoms. The second kappa shape index (κ2) is 6.39. The SMILES string of the molecule is CCN(CCc1cnn(C)c1)C(C)CC(=O)O. The Bertz CT molecular complexity index is 362. The van der Waals surface area contributed by atoms with E-state index in [0.717, 1.165) is 19.5 Å². The molecule has 0 amide bonds.